The minimum Gasteiger partial charge on any atom is -0.493 e. The standard InChI is InChI=1S/C25H18F4N2O3/c1-33-21-12-9-17(14-22(21)34-15-16-7-10-18(26)11-8-16)13-20-23(25(27,28)29)30-31(24(20)32)19-5-3-2-4-6-19/h2-14H,15H2,1H3/b20-13-. The minimum absolute atomic E-state index is 0.0760. The molecule has 3 aromatic carbocycles. The Bertz CT molecular complexity index is 1250. The third-order valence-electron chi connectivity index (χ3n) is 4.95. The SMILES string of the molecule is COc1ccc(/C=C2\C(=O)N(c3ccccc3)N=C2C(F)(F)F)cc1OCc1ccc(F)cc1. The highest BCUT2D eigenvalue weighted by molar-refractivity contribution is 6.34. The van der Waals surface area contributed by atoms with Gasteiger partial charge in [-0.3, -0.25) is 4.79 Å². The highest BCUT2D eigenvalue weighted by atomic mass is 19.4. The lowest BCUT2D eigenvalue weighted by atomic mass is 10.1. The van der Waals surface area contributed by atoms with Crippen molar-refractivity contribution < 1.29 is 31.8 Å². The van der Waals surface area contributed by atoms with E-state index in [1.807, 2.05) is 0 Å². The number of methoxy groups -OCH3 is 1. The molecule has 0 radical (unpaired) electrons. The normalized spacial score (nSPS) is 15.0. The Hall–Kier alpha value is -4.14. The molecule has 1 aliphatic heterocycles. The van der Waals surface area contributed by atoms with Gasteiger partial charge in [0.05, 0.1) is 18.4 Å². The third kappa shape index (κ3) is 4.93. The molecular formula is C25H18F4N2O3. The van der Waals surface area contributed by atoms with E-state index in [4.69, 9.17) is 9.47 Å². The van der Waals surface area contributed by atoms with Crippen molar-refractivity contribution in [3.8, 4) is 11.5 Å². The summed E-state index contributed by atoms with van der Waals surface area (Å²) in [5, 5.41) is 4.27. The van der Waals surface area contributed by atoms with Gasteiger partial charge in [0, 0.05) is 0 Å². The quantitative estimate of drug-likeness (QED) is 0.340. The van der Waals surface area contributed by atoms with E-state index in [0.29, 0.717) is 11.3 Å². The van der Waals surface area contributed by atoms with Gasteiger partial charge < -0.3 is 9.47 Å². The average molecular weight is 470 g/mol. The monoisotopic (exact) mass is 470 g/mol. The first-order valence-electron chi connectivity index (χ1n) is 10.1. The molecule has 174 valence electrons. The van der Waals surface area contributed by atoms with E-state index in [1.165, 1.54) is 49.6 Å². The summed E-state index contributed by atoms with van der Waals surface area (Å²) in [5.74, 6) is -0.694. The van der Waals surface area contributed by atoms with E-state index in [0.717, 1.165) is 11.1 Å². The Morgan fingerprint density at radius 3 is 2.32 bits per heavy atom. The van der Waals surface area contributed by atoms with Crippen LogP contribution >= 0.6 is 0 Å². The minimum atomic E-state index is -4.83. The van der Waals surface area contributed by atoms with Crippen LogP contribution in [-0.2, 0) is 11.4 Å². The topological polar surface area (TPSA) is 51.1 Å². The average Bonchev–Trinajstić information content (AvgIpc) is 3.16. The van der Waals surface area contributed by atoms with Crippen molar-refractivity contribution in [2.75, 3.05) is 12.1 Å². The number of halogens is 4. The van der Waals surface area contributed by atoms with E-state index < -0.39 is 23.4 Å². The number of rotatable bonds is 6. The zero-order valence-electron chi connectivity index (χ0n) is 17.8. The van der Waals surface area contributed by atoms with E-state index in [-0.39, 0.29) is 29.4 Å². The van der Waals surface area contributed by atoms with Crippen molar-refractivity contribution in [1.82, 2.24) is 0 Å². The van der Waals surface area contributed by atoms with Crippen LogP contribution in [0.1, 0.15) is 11.1 Å². The number of nitrogens with zero attached hydrogens (tertiary/aromatic N) is 2. The molecule has 0 aromatic heterocycles. The van der Waals surface area contributed by atoms with Crippen LogP contribution in [0.4, 0.5) is 23.2 Å². The predicted octanol–water partition coefficient (Wildman–Crippen LogP) is 5.76. The number of para-hydroxylation sites is 1. The molecule has 0 spiro atoms. The van der Waals surface area contributed by atoms with Gasteiger partial charge >= 0.3 is 6.18 Å². The molecule has 0 bridgehead atoms. The van der Waals surface area contributed by atoms with Gasteiger partial charge in [0.2, 0.25) is 0 Å². The van der Waals surface area contributed by atoms with Crippen molar-refractivity contribution in [2.24, 2.45) is 5.10 Å². The second-order valence-corrected chi connectivity index (χ2v) is 7.28. The van der Waals surface area contributed by atoms with Crippen LogP contribution in [0, 0.1) is 5.82 Å². The number of carbonyl (C=O) groups is 1. The van der Waals surface area contributed by atoms with Crippen LogP contribution in [0.5, 0.6) is 11.5 Å². The number of ether oxygens (including phenoxy) is 2. The number of hydrogen-bond donors (Lipinski definition) is 0. The van der Waals surface area contributed by atoms with E-state index in [2.05, 4.69) is 5.10 Å². The second-order valence-electron chi connectivity index (χ2n) is 7.28. The molecule has 34 heavy (non-hydrogen) atoms. The molecule has 5 nitrogen and oxygen atoms in total. The van der Waals surface area contributed by atoms with Gasteiger partial charge in [0.1, 0.15) is 12.4 Å². The molecule has 0 saturated carbocycles. The van der Waals surface area contributed by atoms with Gasteiger partial charge in [-0.2, -0.15) is 23.3 Å². The molecule has 1 heterocycles. The zero-order valence-corrected chi connectivity index (χ0v) is 17.8. The summed E-state index contributed by atoms with van der Waals surface area (Å²) in [5.41, 5.74) is -0.694. The first-order valence-corrected chi connectivity index (χ1v) is 10.1. The van der Waals surface area contributed by atoms with Crippen LogP contribution in [0.15, 0.2) is 83.5 Å². The van der Waals surface area contributed by atoms with Gasteiger partial charge in [0.15, 0.2) is 17.2 Å². The number of alkyl halides is 3. The zero-order chi connectivity index (χ0) is 24.3. The van der Waals surface area contributed by atoms with Crippen LogP contribution in [0.3, 0.4) is 0 Å². The van der Waals surface area contributed by atoms with E-state index >= 15 is 0 Å². The molecule has 0 saturated heterocycles. The number of hydrazone groups is 1. The van der Waals surface area contributed by atoms with Crippen LogP contribution in [0.25, 0.3) is 6.08 Å². The van der Waals surface area contributed by atoms with Gasteiger partial charge in [-0.05, 0) is 53.6 Å². The number of anilines is 1. The molecule has 3 aromatic rings. The van der Waals surface area contributed by atoms with Gasteiger partial charge in [-0.15, -0.1) is 0 Å². The highest BCUT2D eigenvalue weighted by Crippen LogP contribution is 2.34. The number of hydrogen-bond acceptors (Lipinski definition) is 4. The molecule has 1 amide bonds. The summed E-state index contributed by atoms with van der Waals surface area (Å²) in [4.78, 5) is 12.9. The lowest BCUT2D eigenvalue weighted by Crippen LogP contribution is -2.25. The smallest absolute Gasteiger partial charge is 0.435 e. The number of benzene rings is 3. The van der Waals surface area contributed by atoms with Crippen LogP contribution < -0.4 is 14.5 Å². The molecule has 0 aliphatic carbocycles. The maximum Gasteiger partial charge on any atom is 0.435 e. The Labute approximate surface area is 192 Å². The first kappa shape index (κ1) is 23.0. The molecule has 0 fully saturated rings. The lowest BCUT2D eigenvalue weighted by Gasteiger charge is -2.12. The van der Waals surface area contributed by atoms with Crippen LogP contribution in [0.2, 0.25) is 0 Å². The molecular weight excluding hydrogens is 452 g/mol. The van der Waals surface area contributed by atoms with Crippen molar-refractivity contribution in [3.63, 3.8) is 0 Å². The van der Waals surface area contributed by atoms with Crippen LogP contribution in [-0.4, -0.2) is 24.9 Å². The van der Waals surface area contributed by atoms with Crippen molar-refractivity contribution >= 4 is 23.4 Å². The molecule has 1 aliphatic rings. The fraction of sp³-hybridized carbons (Fsp3) is 0.120. The summed E-state index contributed by atoms with van der Waals surface area (Å²) in [6, 6.07) is 18.0. The van der Waals surface area contributed by atoms with E-state index in [9.17, 15) is 22.4 Å². The summed E-state index contributed by atoms with van der Waals surface area (Å²) < 4.78 is 65.2. The second kappa shape index (κ2) is 9.38. The molecule has 4 rings (SSSR count). The third-order valence-corrected chi connectivity index (χ3v) is 4.95. The predicted molar refractivity (Wildman–Crippen MR) is 119 cm³/mol. The van der Waals surface area contributed by atoms with Gasteiger partial charge in [-0.25, -0.2) is 4.39 Å². The fourth-order valence-electron chi connectivity index (χ4n) is 3.30. The fourth-order valence-corrected chi connectivity index (χ4v) is 3.30. The lowest BCUT2D eigenvalue weighted by molar-refractivity contribution is -0.114. The van der Waals surface area contributed by atoms with Gasteiger partial charge in [0.25, 0.3) is 5.91 Å². The molecule has 0 atom stereocenters. The van der Waals surface area contributed by atoms with Gasteiger partial charge in [-0.1, -0.05) is 36.4 Å². The Morgan fingerprint density at radius 2 is 1.68 bits per heavy atom. The van der Waals surface area contributed by atoms with Crippen molar-refractivity contribution in [1.29, 1.82) is 0 Å². The number of amides is 1. The Kier molecular flexibility index (Phi) is 6.36. The summed E-state index contributed by atoms with van der Waals surface area (Å²) in [6.07, 6.45) is -3.72. The largest absolute Gasteiger partial charge is 0.493 e. The first-order chi connectivity index (χ1) is 16.3. The maximum atomic E-state index is 13.7. The Balaban J connectivity index is 1.66. The summed E-state index contributed by atoms with van der Waals surface area (Å²) in [6.45, 7) is 0.0760. The summed E-state index contributed by atoms with van der Waals surface area (Å²) >= 11 is 0. The molecule has 0 N–H and O–H groups in total. The highest BCUT2D eigenvalue weighted by Gasteiger charge is 2.46. The van der Waals surface area contributed by atoms with Crippen molar-refractivity contribution in [3.05, 3.63) is 95.3 Å². The number of carbonyl (C=O) groups excluding carboxylic acids is 1. The molecule has 0 unspecified atom stereocenters. The summed E-state index contributed by atoms with van der Waals surface area (Å²) in [7, 11) is 1.42. The van der Waals surface area contributed by atoms with E-state index in [1.54, 1.807) is 30.3 Å². The Morgan fingerprint density at radius 1 is 0.971 bits per heavy atom. The van der Waals surface area contributed by atoms with Crippen molar-refractivity contribution in [2.45, 2.75) is 12.8 Å². The maximum absolute atomic E-state index is 13.7. The molecule has 9 heteroatoms.